The lowest BCUT2D eigenvalue weighted by Crippen LogP contribution is -1.77. The predicted molar refractivity (Wildman–Crippen MR) is 109 cm³/mol. The normalized spacial score (nSPS) is 12.2. The third-order valence-corrected chi connectivity index (χ3v) is 5.50. The number of benzene rings is 4. The van der Waals surface area contributed by atoms with Gasteiger partial charge in [0.05, 0.1) is 5.52 Å². The second-order valence-corrected chi connectivity index (χ2v) is 7.18. The lowest BCUT2D eigenvalue weighted by Gasteiger charge is -2.03. The maximum Gasteiger partial charge on any atom is 0.117 e. The minimum atomic E-state index is 0.268. The number of rotatable bonds is 0. The minimum absolute atomic E-state index is 0.268. The van der Waals surface area contributed by atoms with E-state index in [0.29, 0.717) is 0 Å². The Morgan fingerprint density at radius 2 is 1.12 bits per heavy atom. The average Bonchev–Trinajstić information content (AvgIpc) is 3.17. The van der Waals surface area contributed by atoms with E-state index in [-0.39, 0.29) is 5.75 Å². The molecule has 0 aliphatic rings. The smallest absolute Gasteiger partial charge is 0.117 e. The fraction of sp³-hybridized carbons (Fsp3) is 0. The molecule has 0 aliphatic carbocycles. The van der Waals surface area contributed by atoms with E-state index in [2.05, 4.69) is 40.3 Å². The summed E-state index contributed by atoms with van der Waals surface area (Å²) in [6.45, 7) is 0. The third kappa shape index (κ3) is 1.73. The van der Waals surface area contributed by atoms with Crippen LogP contribution in [0.1, 0.15) is 0 Å². The van der Waals surface area contributed by atoms with Gasteiger partial charge in [0, 0.05) is 49.2 Å². The topological polar surface area (TPSA) is 51.8 Å². The summed E-state index contributed by atoms with van der Waals surface area (Å²) in [6, 6.07) is 20.0. The number of aromatic hydroxyl groups is 1. The molecule has 6 aromatic rings. The van der Waals surface area contributed by atoms with Crippen molar-refractivity contribution in [3.05, 3.63) is 65.7 Å². The lowest BCUT2D eigenvalue weighted by atomic mass is 9.99. The van der Waals surface area contributed by atoms with Crippen LogP contribution in [0.2, 0.25) is 5.02 Å². The highest BCUT2D eigenvalue weighted by molar-refractivity contribution is 6.32. The molecule has 26 heavy (non-hydrogen) atoms. The van der Waals surface area contributed by atoms with Gasteiger partial charge in [-0.2, -0.15) is 0 Å². The molecule has 0 radical (unpaired) electrons. The zero-order chi connectivity index (χ0) is 17.4. The van der Waals surface area contributed by atoms with Gasteiger partial charge in [0.2, 0.25) is 0 Å². The van der Waals surface area contributed by atoms with Crippen molar-refractivity contribution >= 4 is 66.0 Å². The van der Waals surface area contributed by atoms with Crippen LogP contribution in [0.3, 0.4) is 0 Å². The van der Waals surface area contributed by atoms with Crippen LogP contribution in [-0.2, 0) is 0 Å². The number of hydrogen-bond acceptors (Lipinski definition) is 1. The third-order valence-electron chi connectivity index (χ3n) is 5.26. The molecular formula is C22H13ClN2O. The van der Waals surface area contributed by atoms with Crippen LogP contribution in [0.4, 0.5) is 0 Å². The average molecular weight is 357 g/mol. The van der Waals surface area contributed by atoms with Crippen molar-refractivity contribution in [2.24, 2.45) is 0 Å². The zero-order valence-electron chi connectivity index (χ0n) is 13.6. The quantitative estimate of drug-likeness (QED) is 0.287. The predicted octanol–water partition coefficient (Wildman–Crippen LogP) is 6.47. The molecule has 0 fully saturated rings. The van der Waals surface area contributed by atoms with E-state index >= 15 is 0 Å². The summed E-state index contributed by atoms with van der Waals surface area (Å²) in [5.41, 5.74) is 4.16. The van der Waals surface area contributed by atoms with Crippen molar-refractivity contribution in [3.8, 4) is 5.75 Å². The zero-order valence-corrected chi connectivity index (χ0v) is 14.4. The molecule has 0 aliphatic heterocycles. The molecule has 0 unspecified atom stereocenters. The number of aromatic nitrogens is 2. The largest absolute Gasteiger partial charge is 0.508 e. The number of halogens is 1. The number of aromatic amines is 2. The molecule has 3 N–H and O–H groups in total. The number of phenolic OH excluding ortho intramolecular Hbond substituents is 1. The Morgan fingerprint density at radius 3 is 1.77 bits per heavy atom. The Labute approximate surface area is 152 Å². The maximum atomic E-state index is 9.79. The Kier molecular flexibility index (Phi) is 2.55. The molecular weight excluding hydrogens is 344 g/mol. The first-order valence-corrected chi connectivity index (χ1v) is 8.84. The van der Waals surface area contributed by atoms with Crippen molar-refractivity contribution in [1.29, 1.82) is 0 Å². The van der Waals surface area contributed by atoms with Gasteiger partial charge in [0.15, 0.2) is 0 Å². The highest BCUT2D eigenvalue weighted by atomic mass is 35.5. The fourth-order valence-electron chi connectivity index (χ4n) is 4.18. The number of hydrogen-bond donors (Lipinski definition) is 3. The van der Waals surface area contributed by atoms with Crippen LogP contribution < -0.4 is 0 Å². The second kappa shape index (κ2) is 4.71. The molecule has 3 nitrogen and oxygen atoms in total. The second-order valence-electron chi connectivity index (χ2n) is 6.74. The highest BCUT2D eigenvalue weighted by Crippen LogP contribution is 2.39. The summed E-state index contributed by atoms with van der Waals surface area (Å²) in [5, 5.41) is 17.6. The Bertz CT molecular complexity index is 1390. The van der Waals surface area contributed by atoms with E-state index in [0.717, 1.165) is 32.5 Å². The van der Waals surface area contributed by atoms with E-state index in [1.54, 1.807) is 12.1 Å². The summed E-state index contributed by atoms with van der Waals surface area (Å²) < 4.78 is 0. The van der Waals surface area contributed by atoms with Gasteiger partial charge in [0.1, 0.15) is 5.75 Å². The first kappa shape index (κ1) is 14.0. The molecule has 0 amide bonds. The molecule has 2 heterocycles. The van der Waals surface area contributed by atoms with Gasteiger partial charge in [-0.1, -0.05) is 29.8 Å². The lowest BCUT2D eigenvalue weighted by molar-refractivity contribution is 0.476. The molecule has 4 heteroatoms. The summed E-state index contributed by atoms with van der Waals surface area (Å²) in [6.07, 6.45) is 0. The molecule has 0 spiro atoms. The van der Waals surface area contributed by atoms with Crippen molar-refractivity contribution in [3.63, 3.8) is 0 Å². The highest BCUT2D eigenvalue weighted by Gasteiger charge is 2.13. The summed E-state index contributed by atoms with van der Waals surface area (Å²) >= 11 is 6.16. The van der Waals surface area contributed by atoms with Crippen LogP contribution in [0, 0.1) is 0 Å². The van der Waals surface area contributed by atoms with E-state index in [9.17, 15) is 5.11 Å². The van der Waals surface area contributed by atoms with Crippen LogP contribution in [-0.4, -0.2) is 15.1 Å². The summed E-state index contributed by atoms with van der Waals surface area (Å²) in [4.78, 5) is 6.88. The molecule has 0 bridgehead atoms. The maximum absolute atomic E-state index is 9.79. The van der Waals surface area contributed by atoms with Crippen LogP contribution in [0.15, 0.2) is 60.7 Å². The van der Waals surface area contributed by atoms with Crippen LogP contribution in [0.5, 0.6) is 5.75 Å². The number of fused-ring (bicyclic) bond motifs is 9. The summed E-state index contributed by atoms with van der Waals surface area (Å²) in [5.74, 6) is 0.268. The number of nitrogens with one attached hydrogen (secondary N) is 2. The first-order valence-electron chi connectivity index (χ1n) is 8.46. The molecule has 2 aromatic heterocycles. The minimum Gasteiger partial charge on any atom is -0.508 e. The van der Waals surface area contributed by atoms with E-state index in [4.69, 9.17) is 11.6 Å². The SMILES string of the molecule is Oc1ccc2c(c1)[nH]c1ccc3c(ccc4[nH]c5cc(Cl)ccc5c43)c12. The molecule has 0 atom stereocenters. The van der Waals surface area contributed by atoms with Crippen molar-refractivity contribution in [2.45, 2.75) is 0 Å². The first-order chi connectivity index (χ1) is 12.7. The van der Waals surface area contributed by atoms with Gasteiger partial charge in [0.25, 0.3) is 0 Å². The Balaban J connectivity index is 1.87. The van der Waals surface area contributed by atoms with Crippen molar-refractivity contribution < 1.29 is 5.11 Å². The Morgan fingerprint density at radius 1 is 0.577 bits per heavy atom. The van der Waals surface area contributed by atoms with Gasteiger partial charge in [-0.25, -0.2) is 0 Å². The van der Waals surface area contributed by atoms with Gasteiger partial charge < -0.3 is 15.1 Å². The number of phenols is 1. The van der Waals surface area contributed by atoms with Gasteiger partial charge >= 0.3 is 0 Å². The molecule has 0 saturated heterocycles. The monoisotopic (exact) mass is 356 g/mol. The van der Waals surface area contributed by atoms with E-state index in [1.807, 2.05) is 18.2 Å². The summed E-state index contributed by atoms with van der Waals surface area (Å²) in [7, 11) is 0. The molecule has 124 valence electrons. The fourth-order valence-corrected chi connectivity index (χ4v) is 4.35. The van der Waals surface area contributed by atoms with Gasteiger partial charge in [-0.15, -0.1) is 0 Å². The van der Waals surface area contributed by atoms with Gasteiger partial charge in [-0.05, 0) is 47.2 Å². The van der Waals surface area contributed by atoms with Gasteiger partial charge in [-0.3, -0.25) is 0 Å². The van der Waals surface area contributed by atoms with Crippen molar-refractivity contribution in [1.82, 2.24) is 9.97 Å². The number of H-pyrrole nitrogens is 2. The van der Waals surface area contributed by atoms with E-state index in [1.165, 1.54) is 26.9 Å². The van der Waals surface area contributed by atoms with Crippen LogP contribution >= 0.6 is 11.6 Å². The molecule has 6 rings (SSSR count). The van der Waals surface area contributed by atoms with E-state index < -0.39 is 0 Å². The Hall–Kier alpha value is -3.17. The molecule has 0 saturated carbocycles. The molecule has 4 aromatic carbocycles. The van der Waals surface area contributed by atoms with Crippen molar-refractivity contribution in [2.75, 3.05) is 0 Å². The van der Waals surface area contributed by atoms with Crippen LogP contribution in [0.25, 0.3) is 54.4 Å². The standard InChI is InChI=1S/C22H13ClN2O/c23-11-1-3-15-19(9-11)24-17-7-5-14-13(21(15)17)6-8-18-22(14)16-4-2-12(26)10-20(16)25-18/h1-10,24-26H.